The molecule has 5 rings (SSSR count). The van der Waals surface area contributed by atoms with Crippen LogP contribution in [0.3, 0.4) is 0 Å². The molecule has 0 fully saturated rings. The summed E-state index contributed by atoms with van der Waals surface area (Å²) in [6.07, 6.45) is 6.42. The minimum Gasteiger partial charge on any atom is -0.454 e. The van der Waals surface area contributed by atoms with E-state index in [1.54, 1.807) is 12.4 Å². The van der Waals surface area contributed by atoms with E-state index in [4.69, 9.17) is 14.5 Å². The first-order chi connectivity index (χ1) is 12.9. The van der Waals surface area contributed by atoms with Crippen LogP contribution in [0.25, 0.3) is 11.4 Å². The maximum atomic E-state index is 5.63. The third kappa shape index (κ3) is 2.78. The van der Waals surface area contributed by atoms with E-state index in [9.17, 15) is 0 Å². The number of rotatable bonds is 3. The van der Waals surface area contributed by atoms with Crippen molar-refractivity contribution in [1.29, 1.82) is 0 Å². The smallest absolute Gasteiger partial charge is 0.231 e. The van der Waals surface area contributed by atoms with Crippen LogP contribution in [-0.2, 0) is 19.5 Å². The Morgan fingerprint density at radius 1 is 1.08 bits per heavy atom. The van der Waals surface area contributed by atoms with Crippen molar-refractivity contribution in [2.24, 2.45) is 0 Å². The molecular weight excluding hydrogens is 328 g/mol. The van der Waals surface area contributed by atoms with E-state index in [-0.39, 0.29) is 0 Å². The Morgan fingerprint density at radius 3 is 3.00 bits per heavy atom. The molecule has 0 radical (unpaired) electrons. The normalized spacial score (nSPS) is 15.7. The minimum atomic E-state index is 0.306. The van der Waals surface area contributed by atoms with Gasteiger partial charge < -0.3 is 9.47 Å². The van der Waals surface area contributed by atoms with Crippen molar-refractivity contribution in [2.45, 2.75) is 19.5 Å². The molecule has 6 nitrogen and oxygen atoms in total. The fourth-order valence-corrected chi connectivity index (χ4v) is 3.50. The summed E-state index contributed by atoms with van der Waals surface area (Å²) in [6, 6.07) is 9.96. The van der Waals surface area contributed by atoms with Crippen LogP contribution in [-0.4, -0.2) is 33.2 Å². The summed E-state index contributed by atoms with van der Waals surface area (Å²) in [4.78, 5) is 15.8. The summed E-state index contributed by atoms with van der Waals surface area (Å²) < 4.78 is 11.1. The van der Waals surface area contributed by atoms with Gasteiger partial charge in [-0.15, -0.1) is 0 Å². The molecular formula is C20H18N4O2. The van der Waals surface area contributed by atoms with Crippen LogP contribution < -0.4 is 9.47 Å². The number of benzene rings is 1. The number of aromatic nitrogens is 3. The molecule has 4 heterocycles. The van der Waals surface area contributed by atoms with E-state index >= 15 is 0 Å². The first-order valence-corrected chi connectivity index (χ1v) is 8.72. The molecule has 2 aliphatic rings. The number of para-hydroxylation sites is 1. The van der Waals surface area contributed by atoms with E-state index in [2.05, 4.69) is 20.9 Å². The van der Waals surface area contributed by atoms with E-state index in [0.29, 0.717) is 6.79 Å². The van der Waals surface area contributed by atoms with Crippen LogP contribution in [0.15, 0.2) is 48.9 Å². The first-order valence-electron chi connectivity index (χ1n) is 8.72. The van der Waals surface area contributed by atoms with E-state index in [0.717, 1.165) is 60.2 Å². The van der Waals surface area contributed by atoms with Gasteiger partial charge in [-0.05, 0) is 18.2 Å². The second-order valence-electron chi connectivity index (χ2n) is 6.52. The zero-order valence-corrected chi connectivity index (χ0v) is 14.3. The third-order valence-electron chi connectivity index (χ3n) is 4.80. The summed E-state index contributed by atoms with van der Waals surface area (Å²) in [5.74, 6) is 2.46. The molecule has 1 aromatic carbocycles. The molecule has 2 aromatic heterocycles. The lowest BCUT2D eigenvalue weighted by Gasteiger charge is -2.28. The van der Waals surface area contributed by atoms with Gasteiger partial charge in [0.05, 0.1) is 5.69 Å². The van der Waals surface area contributed by atoms with Crippen LogP contribution in [0.2, 0.25) is 0 Å². The van der Waals surface area contributed by atoms with Crippen molar-refractivity contribution in [3.05, 3.63) is 65.7 Å². The lowest BCUT2D eigenvalue weighted by atomic mass is 10.1. The van der Waals surface area contributed by atoms with Crippen molar-refractivity contribution >= 4 is 0 Å². The van der Waals surface area contributed by atoms with Crippen molar-refractivity contribution in [3.63, 3.8) is 0 Å². The quantitative estimate of drug-likeness (QED) is 0.727. The molecule has 0 aliphatic carbocycles. The Kier molecular flexibility index (Phi) is 3.75. The SMILES string of the molecule is c1cncc(-c2ncc3c(n2)CCN(Cc2cccc4c2OCO4)C3)c1. The average Bonchev–Trinajstić information content (AvgIpc) is 3.18. The molecule has 0 spiro atoms. The van der Waals surface area contributed by atoms with Crippen molar-refractivity contribution in [2.75, 3.05) is 13.3 Å². The van der Waals surface area contributed by atoms with Gasteiger partial charge in [0.15, 0.2) is 17.3 Å². The van der Waals surface area contributed by atoms with Gasteiger partial charge >= 0.3 is 0 Å². The van der Waals surface area contributed by atoms with Gasteiger partial charge in [-0.25, -0.2) is 9.97 Å². The molecule has 0 amide bonds. The molecule has 0 bridgehead atoms. The fraction of sp³-hybridized carbons (Fsp3) is 0.250. The number of fused-ring (bicyclic) bond motifs is 2. The molecule has 0 saturated carbocycles. The van der Waals surface area contributed by atoms with E-state index in [1.165, 1.54) is 5.56 Å². The average molecular weight is 346 g/mol. The molecule has 3 aromatic rings. The van der Waals surface area contributed by atoms with Crippen LogP contribution >= 0.6 is 0 Å². The largest absolute Gasteiger partial charge is 0.454 e. The van der Waals surface area contributed by atoms with E-state index in [1.807, 2.05) is 30.5 Å². The molecule has 6 heteroatoms. The maximum Gasteiger partial charge on any atom is 0.231 e. The van der Waals surface area contributed by atoms with Crippen LogP contribution in [0.4, 0.5) is 0 Å². The zero-order chi connectivity index (χ0) is 17.3. The lowest BCUT2D eigenvalue weighted by molar-refractivity contribution is 0.171. The first kappa shape index (κ1) is 15.3. The van der Waals surface area contributed by atoms with Gasteiger partial charge in [-0.1, -0.05) is 12.1 Å². The summed E-state index contributed by atoms with van der Waals surface area (Å²) in [6.45, 7) is 2.94. The summed E-state index contributed by atoms with van der Waals surface area (Å²) in [5.41, 5.74) is 4.44. The van der Waals surface area contributed by atoms with Crippen molar-refractivity contribution in [3.8, 4) is 22.9 Å². The fourth-order valence-electron chi connectivity index (χ4n) is 3.50. The highest BCUT2D eigenvalue weighted by Gasteiger charge is 2.22. The Morgan fingerprint density at radius 2 is 2.08 bits per heavy atom. The maximum absolute atomic E-state index is 5.63. The summed E-state index contributed by atoms with van der Waals surface area (Å²) >= 11 is 0. The van der Waals surface area contributed by atoms with E-state index < -0.39 is 0 Å². The number of nitrogens with zero attached hydrogens (tertiary/aromatic N) is 4. The van der Waals surface area contributed by atoms with Crippen molar-refractivity contribution < 1.29 is 9.47 Å². The molecule has 0 saturated heterocycles. The highest BCUT2D eigenvalue weighted by atomic mass is 16.7. The second-order valence-corrected chi connectivity index (χ2v) is 6.52. The minimum absolute atomic E-state index is 0.306. The van der Waals surface area contributed by atoms with Gasteiger partial charge in [-0.2, -0.15) is 0 Å². The van der Waals surface area contributed by atoms with Gasteiger partial charge in [-0.3, -0.25) is 9.88 Å². The Hall–Kier alpha value is -2.99. The Labute approximate surface area is 151 Å². The van der Waals surface area contributed by atoms with Crippen LogP contribution in [0.5, 0.6) is 11.5 Å². The van der Waals surface area contributed by atoms with Crippen LogP contribution in [0, 0.1) is 0 Å². The topological polar surface area (TPSA) is 60.4 Å². The molecule has 0 unspecified atom stereocenters. The standard InChI is InChI=1S/C20H18N4O2/c1-3-15(19-18(5-1)25-13-26-19)11-24-8-6-17-16(12-24)10-22-20(23-17)14-4-2-7-21-9-14/h1-5,7,9-10H,6,8,11-13H2. The number of pyridine rings is 1. The highest BCUT2D eigenvalue weighted by molar-refractivity contribution is 5.53. The number of hydrogen-bond acceptors (Lipinski definition) is 6. The predicted octanol–water partition coefficient (Wildman–Crippen LogP) is 2.83. The molecule has 130 valence electrons. The van der Waals surface area contributed by atoms with Gasteiger partial charge in [0.1, 0.15) is 0 Å². The van der Waals surface area contributed by atoms with Gasteiger partial charge in [0, 0.05) is 61.3 Å². The molecule has 26 heavy (non-hydrogen) atoms. The predicted molar refractivity (Wildman–Crippen MR) is 95.6 cm³/mol. The molecule has 0 N–H and O–H groups in total. The summed E-state index contributed by atoms with van der Waals surface area (Å²) in [7, 11) is 0. The molecule has 0 atom stereocenters. The van der Waals surface area contributed by atoms with Crippen molar-refractivity contribution in [1.82, 2.24) is 19.9 Å². The summed E-state index contributed by atoms with van der Waals surface area (Å²) in [5, 5.41) is 0. The number of ether oxygens (including phenoxy) is 2. The lowest BCUT2D eigenvalue weighted by Crippen LogP contribution is -2.31. The highest BCUT2D eigenvalue weighted by Crippen LogP contribution is 2.36. The zero-order valence-electron chi connectivity index (χ0n) is 14.3. The van der Waals surface area contributed by atoms with Crippen LogP contribution in [0.1, 0.15) is 16.8 Å². The second kappa shape index (κ2) is 6.38. The molecule has 2 aliphatic heterocycles. The van der Waals surface area contributed by atoms with Gasteiger partial charge in [0.25, 0.3) is 0 Å². The monoisotopic (exact) mass is 346 g/mol. The third-order valence-corrected chi connectivity index (χ3v) is 4.80. The Bertz CT molecular complexity index is 946. The number of hydrogen-bond donors (Lipinski definition) is 0. The Balaban J connectivity index is 1.35. The van der Waals surface area contributed by atoms with Gasteiger partial charge in [0.2, 0.25) is 6.79 Å².